The molecule has 3 heteroatoms. The van der Waals surface area contributed by atoms with E-state index < -0.39 is 0 Å². The van der Waals surface area contributed by atoms with Crippen LogP contribution < -0.4 is 10.1 Å². The fourth-order valence-electron chi connectivity index (χ4n) is 2.34. The van der Waals surface area contributed by atoms with Gasteiger partial charge in [0, 0.05) is 0 Å². The van der Waals surface area contributed by atoms with Gasteiger partial charge in [0.05, 0.1) is 5.54 Å². The lowest BCUT2D eigenvalue weighted by Gasteiger charge is -2.18. The van der Waals surface area contributed by atoms with E-state index in [0.717, 1.165) is 12.8 Å². The molecular formula is C17H17NO2. The summed E-state index contributed by atoms with van der Waals surface area (Å²) in [6, 6.07) is 19.5. The summed E-state index contributed by atoms with van der Waals surface area (Å²) in [7, 11) is 0. The zero-order valence-electron chi connectivity index (χ0n) is 11.2. The van der Waals surface area contributed by atoms with Gasteiger partial charge >= 0.3 is 0 Å². The number of carbonyl (C=O) groups is 1. The van der Waals surface area contributed by atoms with Crippen molar-refractivity contribution in [2.45, 2.75) is 18.4 Å². The predicted molar refractivity (Wildman–Crippen MR) is 77.4 cm³/mol. The van der Waals surface area contributed by atoms with E-state index in [-0.39, 0.29) is 18.1 Å². The molecule has 0 spiro atoms. The first-order valence-electron chi connectivity index (χ1n) is 6.83. The minimum Gasteiger partial charge on any atom is -0.484 e. The van der Waals surface area contributed by atoms with Crippen molar-refractivity contribution in [1.82, 2.24) is 5.32 Å². The number of rotatable bonds is 5. The summed E-state index contributed by atoms with van der Waals surface area (Å²) >= 11 is 0. The van der Waals surface area contributed by atoms with E-state index in [1.807, 2.05) is 48.5 Å². The molecular weight excluding hydrogens is 250 g/mol. The molecule has 0 aromatic heterocycles. The molecule has 1 fully saturated rings. The molecule has 3 rings (SSSR count). The second-order valence-corrected chi connectivity index (χ2v) is 5.10. The third-order valence-corrected chi connectivity index (χ3v) is 3.57. The number of amides is 1. The Morgan fingerprint density at radius 2 is 1.60 bits per heavy atom. The summed E-state index contributed by atoms with van der Waals surface area (Å²) in [6.45, 7) is 0.0542. The summed E-state index contributed by atoms with van der Waals surface area (Å²) in [4.78, 5) is 12.0. The van der Waals surface area contributed by atoms with Crippen LogP contribution in [0.25, 0.3) is 0 Å². The summed E-state index contributed by atoms with van der Waals surface area (Å²) in [5.74, 6) is 0.641. The van der Waals surface area contributed by atoms with Crippen molar-refractivity contribution in [3.8, 4) is 5.75 Å². The van der Waals surface area contributed by atoms with Gasteiger partial charge in [-0.1, -0.05) is 48.5 Å². The molecule has 0 radical (unpaired) electrons. The number of hydrogen-bond acceptors (Lipinski definition) is 2. The first-order valence-corrected chi connectivity index (χ1v) is 6.83. The van der Waals surface area contributed by atoms with Crippen molar-refractivity contribution in [2.75, 3.05) is 6.61 Å². The Morgan fingerprint density at radius 3 is 2.20 bits per heavy atom. The average molecular weight is 267 g/mol. The lowest BCUT2D eigenvalue weighted by atomic mass is 10.1. The van der Waals surface area contributed by atoms with E-state index in [1.54, 1.807) is 0 Å². The molecule has 102 valence electrons. The predicted octanol–water partition coefficient (Wildman–Crippen LogP) is 2.87. The maximum absolute atomic E-state index is 12.0. The second-order valence-electron chi connectivity index (χ2n) is 5.10. The van der Waals surface area contributed by atoms with Gasteiger partial charge in [-0.3, -0.25) is 4.79 Å². The summed E-state index contributed by atoms with van der Waals surface area (Å²) in [6.07, 6.45) is 1.99. The number of para-hydroxylation sites is 1. The Labute approximate surface area is 118 Å². The third-order valence-electron chi connectivity index (χ3n) is 3.57. The third kappa shape index (κ3) is 2.82. The first kappa shape index (κ1) is 12.7. The molecule has 0 heterocycles. The van der Waals surface area contributed by atoms with Crippen LogP contribution in [0, 0.1) is 0 Å². The van der Waals surface area contributed by atoms with Gasteiger partial charge in [-0.05, 0) is 30.5 Å². The summed E-state index contributed by atoms with van der Waals surface area (Å²) in [5.41, 5.74) is 1.01. The molecule has 0 atom stereocenters. The van der Waals surface area contributed by atoms with Crippen LogP contribution in [-0.4, -0.2) is 12.5 Å². The highest BCUT2D eigenvalue weighted by molar-refractivity contribution is 5.79. The van der Waals surface area contributed by atoms with Crippen molar-refractivity contribution in [3.63, 3.8) is 0 Å². The van der Waals surface area contributed by atoms with Crippen LogP contribution >= 0.6 is 0 Å². The Balaban J connectivity index is 1.57. The summed E-state index contributed by atoms with van der Waals surface area (Å²) < 4.78 is 5.47. The smallest absolute Gasteiger partial charge is 0.258 e. The van der Waals surface area contributed by atoms with Crippen LogP contribution in [0.5, 0.6) is 5.75 Å². The molecule has 0 unspecified atom stereocenters. The lowest BCUT2D eigenvalue weighted by Crippen LogP contribution is -2.37. The van der Waals surface area contributed by atoms with Gasteiger partial charge in [0.25, 0.3) is 5.91 Å². The van der Waals surface area contributed by atoms with E-state index in [1.165, 1.54) is 5.56 Å². The van der Waals surface area contributed by atoms with Crippen LogP contribution in [0.3, 0.4) is 0 Å². The van der Waals surface area contributed by atoms with Crippen molar-refractivity contribution < 1.29 is 9.53 Å². The van der Waals surface area contributed by atoms with E-state index in [9.17, 15) is 4.79 Å². The molecule has 2 aromatic carbocycles. The van der Waals surface area contributed by atoms with Crippen LogP contribution in [0.2, 0.25) is 0 Å². The van der Waals surface area contributed by atoms with Crippen molar-refractivity contribution in [1.29, 1.82) is 0 Å². The van der Waals surface area contributed by atoms with Gasteiger partial charge in [-0.2, -0.15) is 0 Å². The Hall–Kier alpha value is -2.29. The molecule has 1 aliphatic rings. The molecule has 3 nitrogen and oxygen atoms in total. The lowest BCUT2D eigenvalue weighted by molar-refractivity contribution is -0.124. The van der Waals surface area contributed by atoms with E-state index in [2.05, 4.69) is 17.4 Å². The highest BCUT2D eigenvalue weighted by Gasteiger charge is 2.45. The normalized spacial score (nSPS) is 15.4. The first-order chi connectivity index (χ1) is 9.78. The Bertz CT molecular complexity index is 576. The minimum absolute atomic E-state index is 0.0542. The standard InChI is InChI=1S/C17H17NO2/c19-16(13-20-15-9-5-2-6-10-15)18-17(11-12-17)14-7-3-1-4-8-14/h1-10H,11-13H2,(H,18,19). The molecule has 1 N–H and O–H groups in total. The van der Waals surface area contributed by atoms with Crippen molar-refractivity contribution in [3.05, 3.63) is 66.2 Å². The van der Waals surface area contributed by atoms with Crippen LogP contribution in [-0.2, 0) is 10.3 Å². The quantitative estimate of drug-likeness (QED) is 0.904. The fraction of sp³-hybridized carbons (Fsp3) is 0.235. The fourth-order valence-corrected chi connectivity index (χ4v) is 2.34. The molecule has 2 aromatic rings. The molecule has 0 bridgehead atoms. The minimum atomic E-state index is -0.168. The number of hydrogen-bond donors (Lipinski definition) is 1. The maximum Gasteiger partial charge on any atom is 0.258 e. The highest BCUT2D eigenvalue weighted by Crippen LogP contribution is 2.45. The van der Waals surface area contributed by atoms with E-state index >= 15 is 0 Å². The molecule has 1 saturated carbocycles. The largest absolute Gasteiger partial charge is 0.484 e. The van der Waals surface area contributed by atoms with Gasteiger partial charge in [0.2, 0.25) is 0 Å². The Kier molecular flexibility index (Phi) is 3.42. The van der Waals surface area contributed by atoms with Crippen molar-refractivity contribution in [2.24, 2.45) is 0 Å². The molecule has 20 heavy (non-hydrogen) atoms. The SMILES string of the molecule is O=C(COc1ccccc1)NC1(c2ccccc2)CC1. The van der Waals surface area contributed by atoms with Crippen LogP contribution in [0.15, 0.2) is 60.7 Å². The van der Waals surface area contributed by atoms with Crippen LogP contribution in [0.1, 0.15) is 18.4 Å². The molecule has 0 saturated heterocycles. The Morgan fingerprint density at radius 1 is 1.00 bits per heavy atom. The monoisotopic (exact) mass is 267 g/mol. The second kappa shape index (κ2) is 5.37. The highest BCUT2D eigenvalue weighted by atomic mass is 16.5. The number of carbonyl (C=O) groups excluding carboxylic acids is 1. The van der Waals surface area contributed by atoms with Crippen LogP contribution in [0.4, 0.5) is 0 Å². The van der Waals surface area contributed by atoms with E-state index in [4.69, 9.17) is 4.74 Å². The average Bonchev–Trinajstić information content (AvgIpc) is 3.28. The topological polar surface area (TPSA) is 38.3 Å². The molecule has 1 aliphatic carbocycles. The molecule has 1 amide bonds. The zero-order chi connectivity index (χ0) is 13.8. The van der Waals surface area contributed by atoms with Crippen molar-refractivity contribution >= 4 is 5.91 Å². The molecule has 0 aliphatic heterocycles. The van der Waals surface area contributed by atoms with Gasteiger partial charge in [-0.15, -0.1) is 0 Å². The van der Waals surface area contributed by atoms with Gasteiger partial charge in [0.1, 0.15) is 5.75 Å². The van der Waals surface area contributed by atoms with Gasteiger partial charge in [0.15, 0.2) is 6.61 Å². The zero-order valence-corrected chi connectivity index (χ0v) is 11.2. The number of ether oxygens (including phenoxy) is 1. The number of benzene rings is 2. The maximum atomic E-state index is 12.0. The van der Waals surface area contributed by atoms with Gasteiger partial charge in [-0.25, -0.2) is 0 Å². The summed E-state index contributed by atoms with van der Waals surface area (Å²) in [5, 5.41) is 3.09. The number of nitrogens with one attached hydrogen (secondary N) is 1. The van der Waals surface area contributed by atoms with Gasteiger partial charge < -0.3 is 10.1 Å². The van der Waals surface area contributed by atoms with E-state index in [0.29, 0.717) is 5.75 Å².